The molecule has 1 fully saturated rings. The van der Waals surface area contributed by atoms with E-state index < -0.39 is 0 Å². The average Bonchev–Trinajstić information content (AvgIpc) is 3.36. The van der Waals surface area contributed by atoms with E-state index >= 15 is 0 Å². The van der Waals surface area contributed by atoms with Crippen LogP contribution in [0.2, 0.25) is 0 Å². The summed E-state index contributed by atoms with van der Waals surface area (Å²) in [5.41, 5.74) is 3.71. The van der Waals surface area contributed by atoms with E-state index in [0.29, 0.717) is 6.54 Å². The maximum atomic E-state index is 5.27. The summed E-state index contributed by atoms with van der Waals surface area (Å²) in [6, 6.07) is 17.0. The Morgan fingerprint density at radius 3 is 2.34 bits per heavy atom. The third-order valence-electron chi connectivity index (χ3n) is 5.71. The molecular weight excluding hydrogens is 400 g/mol. The van der Waals surface area contributed by atoms with Crippen molar-refractivity contribution in [3.8, 4) is 5.75 Å². The first-order valence-corrected chi connectivity index (χ1v) is 11.2. The maximum Gasteiger partial charge on any atom is 0.194 e. The molecule has 1 aromatic heterocycles. The highest BCUT2D eigenvalue weighted by Crippen LogP contribution is 2.20. The summed E-state index contributed by atoms with van der Waals surface area (Å²) >= 11 is 0. The van der Waals surface area contributed by atoms with Crippen LogP contribution in [-0.4, -0.2) is 60.2 Å². The summed E-state index contributed by atoms with van der Waals surface area (Å²) in [6.07, 6.45) is 5.63. The fourth-order valence-corrected chi connectivity index (χ4v) is 3.90. The third kappa shape index (κ3) is 5.60. The molecule has 32 heavy (non-hydrogen) atoms. The standard InChI is InChI=1S/C25H32N6O/c1-3-27-25(28-18-21-4-6-22(7-5-21)19-29-13-12-26-20-29)31-16-14-30(15-17-31)23-8-10-24(32-2)11-9-23/h4-13,20H,3,14-19H2,1-2H3,(H,27,28). The van der Waals surface area contributed by atoms with Gasteiger partial charge < -0.3 is 24.4 Å². The van der Waals surface area contributed by atoms with E-state index in [1.165, 1.54) is 16.8 Å². The van der Waals surface area contributed by atoms with E-state index in [9.17, 15) is 0 Å². The number of benzene rings is 2. The zero-order chi connectivity index (χ0) is 22.2. The SMILES string of the molecule is CCNC(=NCc1ccc(Cn2ccnc2)cc1)N1CCN(c2ccc(OC)cc2)CC1. The number of piperazine rings is 1. The highest BCUT2D eigenvalue weighted by Gasteiger charge is 2.19. The minimum Gasteiger partial charge on any atom is -0.497 e. The molecule has 168 valence electrons. The van der Waals surface area contributed by atoms with Gasteiger partial charge in [-0.3, -0.25) is 0 Å². The lowest BCUT2D eigenvalue weighted by molar-refractivity contribution is 0.372. The Labute approximate surface area is 190 Å². The van der Waals surface area contributed by atoms with Gasteiger partial charge in [0.05, 0.1) is 20.0 Å². The Morgan fingerprint density at radius 1 is 1.00 bits per heavy atom. The van der Waals surface area contributed by atoms with Crippen molar-refractivity contribution in [3.63, 3.8) is 0 Å². The number of nitrogens with one attached hydrogen (secondary N) is 1. The van der Waals surface area contributed by atoms with Crippen LogP contribution in [0, 0.1) is 0 Å². The van der Waals surface area contributed by atoms with Crippen molar-refractivity contribution >= 4 is 11.6 Å². The fraction of sp³-hybridized carbons (Fsp3) is 0.360. The number of aliphatic imine (C=N–C) groups is 1. The summed E-state index contributed by atoms with van der Waals surface area (Å²) in [5, 5.41) is 3.46. The van der Waals surface area contributed by atoms with Gasteiger partial charge in [0.15, 0.2) is 5.96 Å². The molecule has 1 saturated heterocycles. The van der Waals surface area contributed by atoms with Crippen molar-refractivity contribution in [3.05, 3.63) is 78.4 Å². The second kappa shape index (κ2) is 10.7. The van der Waals surface area contributed by atoms with Crippen LogP contribution in [0.5, 0.6) is 5.75 Å². The Kier molecular flexibility index (Phi) is 7.27. The van der Waals surface area contributed by atoms with Crippen LogP contribution < -0.4 is 15.0 Å². The van der Waals surface area contributed by atoms with E-state index in [4.69, 9.17) is 9.73 Å². The number of guanidine groups is 1. The molecule has 0 spiro atoms. The van der Waals surface area contributed by atoms with Gasteiger partial charge in [-0.2, -0.15) is 0 Å². The largest absolute Gasteiger partial charge is 0.497 e. The Morgan fingerprint density at radius 2 is 1.72 bits per heavy atom. The van der Waals surface area contributed by atoms with Gasteiger partial charge in [-0.15, -0.1) is 0 Å². The molecule has 0 unspecified atom stereocenters. The highest BCUT2D eigenvalue weighted by molar-refractivity contribution is 5.80. The average molecular weight is 433 g/mol. The van der Waals surface area contributed by atoms with Crippen molar-refractivity contribution in [2.24, 2.45) is 4.99 Å². The molecule has 0 bridgehead atoms. The third-order valence-corrected chi connectivity index (χ3v) is 5.71. The number of anilines is 1. The van der Waals surface area contributed by atoms with Crippen molar-refractivity contribution in [1.82, 2.24) is 19.8 Å². The van der Waals surface area contributed by atoms with Crippen LogP contribution >= 0.6 is 0 Å². The smallest absolute Gasteiger partial charge is 0.194 e. The van der Waals surface area contributed by atoms with Crippen molar-refractivity contribution in [2.75, 3.05) is 44.7 Å². The molecule has 1 aliphatic heterocycles. The normalized spacial score (nSPS) is 14.5. The predicted octanol–water partition coefficient (Wildman–Crippen LogP) is 3.23. The summed E-state index contributed by atoms with van der Waals surface area (Å²) in [4.78, 5) is 13.8. The quantitative estimate of drug-likeness (QED) is 0.459. The summed E-state index contributed by atoms with van der Waals surface area (Å²) < 4.78 is 7.34. The van der Waals surface area contributed by atoms with Crippen LogP contribution in [0.25, 0.3) is 0 Å². The molecule has 7 nitrogen and oxygen atoms in total. The van der Waals surface area contributed by atoms with Gasteiger partial charge in [-0.25, -0.2) is 9.98 Å². The van der Waals surface area contributed by atoms with Crippen LogP contribution in [0.1, 0.15) is 18.1 Å². The number of hydrogen-bond donors (Lipinski definition) is 1. The van der Waals surface area contributed by atoms with Crippen molar-refractivity contribution in [2.45, 2.75) is 20.0 Å². The van der Waals surface area contributed by atoms with Gasteiger partial charge >= 0.3 is 0 Å². The minimum absolute atomic E-state index is 0.673. The van der Waals surface area contributed by atoms with Crippen LogP contribution in [0.4, 0.5) is 5.69 Å². The van der Waals surface area contributed by atoms with Crippen molar-refractivity contribution in [1.29, 1.82) is 0 Å². The first-order chi connectivity index (χ1) is 15.7. The maximum absolute atomic E-state index is 5.27. The first kappa shape index (κ1) is 21.7. The number of hydrogen-bond acceptors (Lipinski definition) is 4. The molecule has 1 aliphatic rings. The molecular formula is C25H32N6O. The second-order valence-electron chi connectivity index (χ2n) is 7.89. The molecule has 0 amide bonds. The Balaban J connectivity index is 1.33. The summed E-state index contributed by atoms with van der Waals surface area (Å²) in [6.45, 7) is 8.33. The van der Waals surface area contributed by atoms with Crippen LogP contribution in [-0.2, 0) is 13.1 Å². The molecule has 0 atom stereocenters. The minimum atomic E-state index is 0.673. The van der Waals surface area contributed by atoms with Crippen molar-refractivity contribution < 1.29 is 4.74 Å². The van der Waals surface area contributed by atoms with Gasteiger partial charge in [-0.05, 0) is 42.3 Å². The lowest BCUT2D eigenvalue weighted by atomic mass is 10.1. The van der Waals surface area contributed by atoms with E-state index in [1.54, 1.807) is 7.11 Å². The van der Waals surface area contributed by atoms with E-state index in [-0.39, 0.29) is 0 Å². The molecule has 4 rings (SSSR count). The van der Waals surface area contributed by atoms with E-state index in [1.807, 2.05) is 30.9 Å². The first-order valence-electron chi connectivity index (χ1n) is 11.2. The number of nitrogens with zero attached hydrogens (tertiary/aromatic N) is 5. The number of rotatable bonds is 7. The molecule has 3 aromatic rings. The number of ether oxygens (including phenoxy) is 1. The Bertz CT molecular complexity index is 974. The van der Waals surface area contributed by atoms with Gasteiger partial charge in [0.1, 0.15) is 5.75 Å². The molecule has 0 aliphatic carbocycles. The topological polar surface area (TPSA) is 57.9 Å². The molecule has 2 heterocycles. The molecule has 2 aromatic carbocycles. The number of imidazole rings is 1. The molecule has 0 saturated carbocycles. The second-order valence-corrected chi connectivity index (χ2v) is 7.89. The van der Waals surface area contributed by atoms with Gasteiger partial charge in [0.2, 0.25) is 0 Å². The Hall–Kier alpha value is -3.48. The molecule has 1 N–H and O–H groups in total. The predicted molar refractivity (Wildman–Crippen MR) is 129 cm³/mol. The van der Waals surface area contributed by atoms with Crippen LogP contribution in [0.3, 0.4) is 0 Å². The van der Waals surface area contributed by atoms with Gasteiger partial charge in [-0.1, -0.05) is 24.3 Å². The van der Waals surface area contributed by atoms with Gasteiger partial charge in [0.25, 0.3) is 0 Å². The summed E-state index contributed by atoms with van der Waals surface area (Å²) in [5.74, 6) is 1.88. The van der Waals surface area contributed by atoms with Gasteiger partial charge in [0, 0.05) is 57.3 Å². The molecule has 7 heteroatoms. The lowest BCUT2D eigenvalue weighted by Crippen LogP contribution is -2.52. The highest BCUT2D eigenvalue weighted by atomic mass is 16.5. The number of aromatic nitrogens is 2. The monoisotopic (exact) mass is 432 g/mol. The van der Waals surface area contributed by atoms with E-state index in [0.717, 1.165) is 51.0 Å². The van der Waals surface area contributed by atoms with E-state index in [2.05, 4.69) is 68.0 Å². The molecule has 0 radical (unpaired) electrons. The zero-order valence-corrected chi connectivity index (χ0v) is 18.9. The zero-order valence-electron chi connectivity index (χ0n) is 18.9. The van der Waals surface area contributed by atoms with Crippen LogP contribution in [0.15, 0.2) is 72.2 Å². The summed E-state index contributed by atoms with van der Waals surface area (Å²) in [7, 11) is 1.70. The lowest BCUT2D eigenvalue weighted by Gasteiger charge is -2.37. The number of methoxy groups -OCH3 is 1. The fourth-order valence-electron chi connectivity index (χ4n) is 3.90.